The number of hydrogen-bond donors (Lipinski definition) is 0. The molecular formula is C17H24BNO4. The molecule has 0 saturated carbocycles. The van der Waals surface area contributed by atoms with Crippen LogP contribution < -0.4 is 5.46 Å². The zero-order valence-corrected chi connectivity index (χ0v) is 14.5. The summed E-state index contributed by atoms with van der Waals surface area (Å²) in [6, 6.07) is 5.84. The van der Waals surface area contributed by atoms with E-state index in [-0.39, 0.29) is 17.1 Å². The lowest BCUT2D eigenvalue weighted by Crippen LogP contribution is -2.41. The average Bonchev–Trinajstić information content (AvgIpc) is 2.90. The van der Waals surface area contributed by atoms with Gasteiger partial charge in [0.15, 0.2) is 0 Å². The van der Waals surface area contributed by atoms with E-state index in [1.54, 1.807) is 7.11 Å². The minimum absolute atomic E-state index is 0.0671. The number of hydrogen-bond acceptors (Lipinski definition) is 4. The van der Waals surface area contributed by atoms with E-state index < -0.39 is 7.12 Å². The van der Waals surface area contributed by atoms with Gasteiger partial charge in [0.1, 0.15) is 0 Å². The van der Waals surface area contributed by atoms with Gasteiger partial charge in [-0.15, -0.1) is 0 Å². The van der Waals surface area contributed by atoms with Gasteiger partial charge in [0.05, 0.1) is 17.8 Å². The number of methoxy groups -OCH3 is 1. The Hall–Kier alpha value is -1.37. The molecule has 3 rings (SSSR count). The molecule has 1 aromatic carbocycles. The topological polar surface area (TPSA) is 48.0 Å². The first kappa shape index (κ1) is 16.5. The van der Waals surface area contributed by atoms with Crippen molar-refractivity contribution >= 4 is 18.5 Å². The highest BCUT2D eigenvalue weighted by Crippen LogP contribution is 2.36. The smallest absolute Gasteiger partial charge is 0.399 e. The Balaban J connectivity index is 1.81. The lowest BCUT2D eigenvalue weighted by molar-refractivity contribution is 0.00578. The van der Waals surface area contributed by atoms with Crippen LogP contribution in [0.15, 0.2) is 18.2 Å². The molecular weight excluding hydrogens is 293 g/mol. The molecule has 0 N–H and O–H groups in total. The molecule has 5 nitrogen and oxygen atoms in total. The van der Waals surface area contributed by atoms with Crippen LogP contribution in [0.5, 0.6) is 0 Å². The predicted molar refractivity (Wildman–Crippen MR) is 88.8 cm³/mol. The van der Waals surface area contributed by atoms with Crippen LogP contribution in [0, 0.1) is 0 Å². The van der Waals surface area contributed by atoms with Crippen molar-refractivity contribution in [2.24, 2.45) is 0 Å². The van der Waals surface area contributed by atoms with Crippen molar-refractivity contribution in [2.45, 2.75) is 45.4 Å². The molecule has 0 bridgehead atoms. The van der Waals surface area contributed by atoms with Gasteiger partial charge in [-0.2, -0.15) is 0 Å². The summed E-state index contributed by atoms with van der Waals surface area (Å²) in [5.41, 5.74) is 2.03. The van der Waals surface area contributed by atoms with E-state index in [1.807, 2.05) is 50.8 Å². The molecule has 6 heteroatoms. The Morgan fingerprint density at radius 1 is 1.22 bits per heavy atom. The van der Waals surface area contributed by atoms with Crippen LogP contribution in [0.3, 0.4) is 0 Å². The van der Waals surface area contributed by atoms with Gasteiger partial charge >= 0.3 is 7.12 Å². The molecule has 2 heterocycles. The number of ether oxygens (including phenoxy) is 1. The summed E-state index contributed by atoms with van der Waals surface area (Å²) in [6.45, 7) is 9.92. The fourth-order valence-electron chi connectivity index (χ4n) is 2.91. The molecule has 1 amide bonds. The molecule has 1 saturated heterocycles. The van der Waals surface area contributed by atoms with Gasteiger partial charge in [-0.25, -0.2) is 0 Å². The summed E-state index contributed by atoms with van der Waals surface area (Å²) < 4.78 is 17.2. The number of nitrogens with zero attached hydrogens (tertiary/aromatic N) is 1. The van der Waals surface area contributed by atoms with Crippen LogP contribution >= 0.6 is 0 Å². The highest BCUT2D eigenvalue weighted by Gasteiger charge is 2.51. The first-order chi connectivity index (χ1) is 10.7. The molecule has 0 aliphatic carbocycles. The van der Waals surface area contributed by atoms with Crippen LogP contribution in [-0.4, -0.2) is 49.4 Å². The van der Waals surface area contributed by atoms with Gasteiger partial charge in [0.2, 0.25) is 0 Å². The SMILES string of the molecule is COCCN1Cc2cc(B3OC(C)(C)C(C)(C)O3)ccc2C1=O. The van der Waals surface area contributed by atoms with Gasteiger partial charge in [-0.3, -0.25) is 4.79 Å². The van der Waals surface area contributed by atoms with E-state index >= 15 is 0 Å². The summed E-state index contributed by atoms with van der Waals surface area (Å²) in [7, 11) is 1.25. The van der Waals surface area contributed by atoms with Crippen molar-refractivity contribution in [3.8, 4) is 0 Å². The van der Waals surface area contributed by atoms with Gasteiger partial charge < -0.3 is 18.9 Å². The van der Waals surface area contributed by atoms with Crippen LogP contribution in [0.2, 0.25) is 0 Å². The Morgan fingerprint density at radius 2 is 1.87 bits per heavy atom. The van der Waals surface area contributed by atoms with Crippen molar-refractivity contribution in [1.29, 1.82) is 0 Å². The molecule has 2 aliphatic heterocycles. The fraction of sp³-hybridized carbons (Fsp3) is 0.588. The fourth-order valence-corrected chi connectivity index (χ4v) is 2.91. The van der Waals surface area contributed by atoms with E-state index in [9.17, 15) is 4.79 Å². The van der Waals surface area contributed by atoms with Crippen molar-refractivity contribution in [2.75, 3.05) is 20.3 Å². The maximum absolute atomic E-state index is 12.3. The third kappa shape index (κ3) is 2.79. The molecule has 124 valence electrons. The standard InChI is InChI=1S/C17H24BNO4/c1-16(2)17(3,4)23-18(22-16)13-6-7-14-12(10-13)11-19(15(14)20)8-9-21-5/h6-7,10H,8-9,11H2,1-5H3. The molecule has 23 heavy (non-hydrogen) atoms. The number of amides is 1. The van der Waals surface area contributed by atoms with Gasteiger partial charge in [-0.1, -0.05) is 12.1 Å². The number of rotatable bonds is 4. The second-order valence-electron chi connectivity index (χ2n) is 7.22. The quantitative estimate of drug-likeness (QED) is 0.791. The van der Waals surface area contributed by atoms with E-state index in [1.165, 1.54) is 0 Å². The third-order valence-corrected chi connectivity index (χ3v) is 5.10. The Labute approximate surface area is 138 Å². The maximum atomic E-state index is 12.3. The van der Waals surface area contributed by atoms with Crippen LogP contribution in [0.4, 0.5) is 0 Å². The van der Waals surface area contributed by atoms with Gasteiger partial charge in [0.25, 0.3) is 5.91 Å². The van der Waals surface area contributed by atoms with Crippen LogP contribution in [-0.2, 0) is 20.6 Å². The first-order valence-corrected chi connectivity index (χ1v) is 8.02. The molecule has 1 fully saturated rings. The highest BCUT2D eigenvalue weighted by molar-refractivity contribution is 6.62. The second kappa shape index (κ2) is 5.62. The zero-order chi connectivity index (χ0) is 16.8. The van der Waals surface area contributed by atoms with Crippen molar-refractivity contribution in [3.63, 3.8) is 0 Å². The number of carbonyl (C=O) groups excluding carboxylic acids is 1. The Bertz CT molecular complexity index is 613. The maximum Gasteiger partial charge on any atom is 0.494 e. The molecule has 0 radical (unpaired) electrons. The van der Waals surface area contributed by atoms with E-state index in [2.05, 4.69) is 0 Å². The van der Waals surface area contributed by atoms with Crippen molar-refractivity contribution in [3.05, 3.63) is 29.3 Å². The summed E-state index contributed by atoms with van der Waals surface area (Å²) in [6.07, 6.45) is 0. The Morgan fingerprint density at radius 3 is 2.48 bits per heavy atom. The monoisotopic (exact) mass is 317 g/mol. The third-order valence-electron chi connectivity index (χ3n) is 5.10. The Kier molecular flexibility index (Phi) is 4.03. The normalized spacial score (nSPS) is 21.9. The highest BCUT2D eigenvalue weighted by atomic mass is 16.7. The number of benzene rings is 1. The van der Waals surface area contributed by atoms with E-state index in [0.29, 0.717) is 19.7 Å². The van der Waals surface area contributed by atoms with E-state index in [0.717, 1.165) is 16.6 Å². The summed E-state index contributed by atoms with van der Waals surface area (Å²) in [5, 5.41) is 0. The average molecular weight is 317 g/mol. The van der Waals surface area contributed by atoms with Crippen LogP contribution in [0.25, 0.3) is 0 Å². The predicted octanol–water partition coefficient (Wildman–Crippen LogP) is 1.59. The zero-order valence-electron chi connectivity index (χ0n) is 14.5. The molecule has 0 aromatic heterocycles. The van der Waals surface area contributed by atoms with Gasteiger partial charge in [-0.05, 0) is 44.8 Å². The van der Waals surface area contributed by atoms with E-state index in [4.69, 9.17) is 14.0 Å². The lowest BCUT2D eigenvalue weighted by atomic mass is 9.78. The molecule has 0 atom stereocenters. The second-order valence-corrected chi connectivity index (χ2v) is 7.22. The van der Waals surface area contributed by atoms with Crippen LogP contribution in [0.1, 0.15) is 43.6 Å². The number of carbonyl (C=O) groups is 1. The summed E-state index contributed by atoms with van der Waals surface area (Å²) in [4.78, 5) is 14.2. The molecule has 0 unspecified atom stereocenters. The number of fused-ring (bicyclic) bond motifs is 1. The molecule has 0 spiro atoms. The summed E-state index contributed by atoms with van der Waals surface area (Å²) >= 11 is 0. The minimum Gasteiger partial charge on any atom is -0.399 e. The van der Waals surface area contributed by atoms with Crippen molar-refractivity contribution in [1.82, 2.24) is 4.90 Å². The summed E-state index contributed by atoms with van der Waals surface area (Å²) in [5.74, 6) is 0.0671. The minimum atomic E-state index is -0.395. The van der Waals surface area contributed by atoms with Crippen molar-refractivity contribution < 1.29 is 18.8 Å². The van der Waals surface area contributed by atoms with Gasteiger partial charge in [0, 0.05) is 25.8 Å². The lowest BCUT2D eigenvalue weighted by Gasteiger charge is -2.32. The molecule has 2 aliphatic rings. The largest absolute Gasteiger partial charge is 0.494 e. The molecule has 1 aromatic rings. The first-order valence-electron chi connectivity index (χ1n) is 8.02.